The Bertz CT molecular complexity index is 242. The fraction of sp³-hybridized carbons (Fsp3) is 0.700. The lowest BCUT2D eigenvalue weighted by Gasteiger charge is -2.12. The predicted octanol–water partition coefficient (Wildman–Crippen LogP) is 1.70. The maximum Gasteiger partial charge on any atom is 0.0518 e. The highest BCUT2D eigenvalue weighted by Gasteiger charge is 2.01. The zero-order valence-corrected chi connectivity index (χ0v) is 8.75. The van der Waals surface area contributed by atoms with Gasteiger partial charge in [0.1, 0.15) is 0 Å². The molecule has 3 heteroatoms. The van der Waals surface area contributed by atoms with Crippen LogP contribution >= 0.6 is 0 Å². The molecule has 1 aromatic rings. The van der Waals surface area contributed by atoms with Gasteiger partial charge in [0.05, 0.1) is 5.69 Å². The van der Waals surface area contributed by atoms with Gasteiger partial charge in [-0.25, -0.2) is 0 Å². The minimum Gasteiger partial charge on any atom is -0.309 e. The molecule has 0 aliphatic heterocycles. The molecule has 0 spiro atoms. The van der Waals surface area contributed by atoms with Crippen LogP contribution in [0.25, 0.3) is 0 Å². The van der Waals surface area contributed by atoms with Gasteiger partial charge < -0.3 is 5.32 Å². The number of hydrogen-bond donors (Lipinski definition) is 1. The highest BCUT2D eigenvalue weighted by molar-refractivity contribution is 4.99. The van der Waals surface area contributed by atoms with E-state index in [-0.39, 0.29) is 0 Å². The van der Waals surface area contributed by atoms with Gasteiger partial charge in [0.2, 0.25) is 0 Å². The average Bonchev–Trinajstić information content (AvgIpc) is 2.48. The molecule has 13 heavy (non-hydrogen) atoms. The van der Waals surface area contributed by atoms with Crippen molar-refractivity contribution in [2.24, 2.45) is 7.05 Å². The fourth-order valence-electron chi connectivity index (χ4n) is 1.39. The van der Waals surface area contributed by atoms with Crippen molar-refractivity contribution < 1.29 is 0 Å². The summed E-state index contributed by atoms with van der Waals surface area (Å²) in [6, 6.07) is 2.64. The molecule has 1 atom stereocenters. The molecule has 0 amide bonds. The van der Waals surface area contributed by atoms with Gasteiger partial charge in [0, 0.05) is 25.8 Å². The normalized spacial score (nSPS) is 13.2. The van der Waals surface area contributed by atoms with E-state index in [0.29, 0.717) is 6.04 Å². The summed E-state index contributed by atoms with van der Waals surface area (Å²) in [4.78, 5) is 0. The van der Waals surface area contributed by atoms with Crippen molar-refractivity contribution in [3.8, 4) is 0 Å². The summed E-state index contributed by atoms with van der Waals surface area (Å²) in [5.74, 6) is 0. The van der Waals surface area contributed by atoms with Crippen molar-refractivity contribution in [1.82, 2.24) is 15.1 Å². The van der Waals surface area contributed by atoms with Crippen molar-refractivity contribution in [3.63, 3.8) is 0 Å². The molecule has 3 nitrogen and oxygen atoms in total. The first-order valence-corrected chi connectivity index (χ1v) is 4.94. The third-order valence-corrected chi connectivity index (χ3v) is 2.28. The second-order valence-corrected chi connectivity index (χ2v) is 3.52. The van der Waals surface area contributed by atoms with Gasteiger partial charge in [-0.05, 0) is 19.4 Å². The zero-order chi connectivity index (χ0) is 9.68. The van der Waals surface area contributed by atoms with Crippen LogP contribution in [0.2, 0.25) is 0 Å². The van der Waals surface area contributed by atoms with Crippen LogP contribution in [-0.2, 0) is 13.6 Å². The smallest absolute Gasteiger partial charge is 0.0518 e. The summed E-state index contributed by atoms with van der Waals surface area (Å²) in [6.45, 7) is 5.35. The van der Waals surface area contributed by atoms with Crippen LogP contribution in [0.4, 0.5) is 0 Å². The third kappa shape index (κ3) is 3.19. The maximum absolute atomic E-state index is 4.12. The Morgan fingerprint density at radius 2 is 2.38 bits per heavy atom. The van der Waals surface area contributed by atoms with Crippen LogP contribution in [0, 0.1) is 0 Å². The van der Waals surface area contributed by atoms with E-state index < -0.39 is 0 Å². The predicted molar refractivity (Wildman–Crippen MR) is 54.4 cm³/mol. The Balaban J connectivity index is 2.30. The summed E-state index contributed by atoms with van der Waals surface area (Å²) in [7, 11) is 1.97. The molecule has 0 aromatic carbocycles. The zero-order valence-electron chi connectivity index (χ0n) is 8.75. The van der Waals surface area contributed by atoms with E-state index in [2.05, 4.69) is 24.3 Å². The van der Waals surface area contributed by atoms with Crippen molar-refractivity contribution in [2.75, 3.05) is 0 Å². The Labute approximate surface area is 80.1 Å². The summed E-state index contributed by atoms with van der Waals surface area (Å²) in [6.07, 6.45) is 4.30. The molecule has 0 saturated carbocycles. The number of nitrogens with one attached hydrogen (secondary N) is 1. The van der Waals surface area contributed by atoms with E-state index in [4.69, 9.17) is 0 Å². The molecule has 1 heterocycles. The van der Waals surface area contributed by atoms with Crippen LogP contribution in [-0.4, -0.2) is 15.8 Å². The Morgan fingerprint density at radius 1 is 1.62 bits per heavy atom. The molecule has 0 bridgehead atoms. The van der Waals surface area contributed by atoms with E-state index in [1.807, 2.05) is 24.0 Å². The molecule has 0 fully saturated rings. The van der Waals surface area contributed by atoms with E-state index in [9.17, 15) is 0 Å². The average molecular weight is 181 g/mol. The molecule has 1 aromatic heterocycles. The molecule has 0 saturated heterocycles. The third-order valence-electron chi connectivity index (χ3n) is 2.28. The first-order chi connectivity index (χ1) is 6.24. The van der Waals surface area contributed by atoms with E-state index in [1.165, 1.54) is 18.5 Å². The lowest BCUT2D eigenvalue weighted by Crippen LogP contribution is -2.26. The largest absolute Gasteiger partial charge is 0.309 e. The molecule has 74 valence electrons. The second kappa shape index (κ2) is 5.02. The molecule has 1 unspecified atom stereocenters. The maximum atomic E-state index is 4.12. The quantitative estimate of drug-likeness (QED) is 0.749. The first-order valence-electron chi connectivity index (χ1n) is 4.94. The minimum absolute atomic E-state index is 0.597. The Kier molecular flexibility index (Phi) is 3.96. The van der Waals surface area contributed by atoms with Gasteiger partial charge in [-0.3, -0.25) is 4.68 Å². The van der Waals surface area contributed by atoms with Gasteiger partial charge in [-0.15, -0.1) is 0 Å². The number of hydrogen-bond acceptors (Lipinski definition) is 2. The van der Waals surface area contributed by atoms with Crippen molar-refractivity contribution in [2.45, 2.75) is 39.3 Å². The molecular weight excluding hydrogens is 162 g/mol. The topological polar surface area (TPSA) is 29.9 Å². The van der Waals surface area contributed by atoms with Gasteiger partial charge in [-0.1, -0.05) is 13.3 Å². The fourth-order valence-corrected chi connectivity index (χ4v) is 1.39. The van der Waals surface area contributed by atoms with Crippen LogP contribution in [0.5, 0.6) is 0 Å². The first kappa shape index (κ1) is 10.3. The number of aryl methyl sites for hydroxylation is 1. The summed E-state index contributed by atoms with van der Waals surface area (Å²) in [5.41, 5.74) is 1.24. The number of aromatic nitrogens is 2. The summed E-state index contributed by atoms with van der Waals surface area (Å²) in [5, 5.41) is 7.58. The van der Waals surface area contributed by atoms with Crippen LogP contribution in [0.3, 0.4) is 0 Å². The number of rotatable bonds is 5. The highest BCUT2D eigenvalue weighted by atomic mass is 15.3. The minimum atomic E-state index is 0.597. The summed E-state index contributed by atoms with van der Waals surface area (Å²) < 4.78 is 1.91. The van der Waals surface area contributed by atoms with Crippen molar-refractivity contribution >= 4 is 0 Å². The molecule has 1 rings (SSSR count). The van der Waals surface area contributed by atoms with Gasteiger partial charge in [0.15, 0.2) is 0 Å². The van der Waals surface area contributed by atoms with Crippen molar-refractivity contribution in [1.29, 1.82) is 0 Å². The molecule has 1 N–H and O–H groups in total. The lowest BCUT2D eigenvalue weighted by atomic mass is 10.2. The molecular formula is C10H19N3. The van der Waals surface area contributed by atoms with Crippen molar-refractivity contribution in [3.05, 3.63) is 18.0 Å². The highest BCUT2D eigenvalue weighted by Crippen LogP contribution is 1.99. The van der Waals surface area contributed by atoms with Crippen LogP contribution in [0.15, 0.2) is 12.3 Å². The van der Waals surface area contributed by atoms with Crippen LogP contribution in [0.1, 0.15) is 32.4 Å². The molecule has 0 radical (unpaired) electrons. The van der Waals surface area contributed by atoms with Gasteiger partial charge >= 0.3 is 0 Å². The number of nitrogens with zero attached hydrogens (tertiary/aromatic N) is 2. The van der Waals surface area contributed by atoms with Gasteiger partial charge in [0.25, 0.3) is 0 Å². The second-order valence-electron chi connectivity index (χ2n) is 3.52. The van der Waals surface area contributed by atoms with E-state index in [0.717, 1.165) is 6.54 Å². The Hall–Kier alpha value is -0.830. The van der Waals surface area contributed by atoms with Crippen LogP contribution < -0.4 is 5.32 Å². The summed E-state index contributed by atoms with van der Waals surface area (Å²) >= 11 is 0. The molecule has 0 aliphatic rings. The monoisotopic (exact) mass is 181 g/mol. The SMILES string of the molecule is CCCC(C)NCc1ccnn1C. The van der Waals surface area contributed by atoms with E-state index in [1.54, 1.807) is 0 Å². The molecule has 0 aliphatic carbocycles. The Morgan fingerprint density at radius 3 is 2.92 bits per heavy atom. The van der Waals surface area contributed by atoms with E-state index >= 15 is 0 Å². The lowest BCUT2D eigenvalue weighted by molar-refractivity contribution is 0.495. The van der Waals surface area contributed by atoms with Gasteiger partial charge in [-0.2, -0.15) is 5.10 Å². The standard InChI is InChI=1S/C10H19N3/c1-4-5-9(2)11-8-10-6-7-12-13(10)3/h6-7,9,11H,4-5,8H2,1-3H3.